The van der Waals surface area contributed by atoms with Gasteiger partial charge in [-0.1, -0.05) is 62.9 Å². The van der Waals surface area contributed by atoms with Crippen LogP contribution in [0.5, 0.6) is 0 Å². The molecule has 3 atom stereocenters. The third kappa shape index (κ3) is 7.57. The van der Waals surface area contributed by atoms with Crippen LogP contribution in [0, 0.1) is 11.8 Å². The van der Waals surface area contributed by atoms with Crippen molar-refractivity contribution in [2.24, 2.45) is 11.8 Å². The van der Waals surface area contributed by atoms with Crippen molar-refractivity contribution >= 4 is 23.2 Å². The number of aliphatic hydroxyl groups is 1. The van der Waals surface area contributed by atoms with Crippen molar-refractivity contribution in [3.8, 4) is 0 Å². The first kappa shape index (κ1) is 26.2. The number of carbonyl (C=O) groups excluding carboxylic acids is 2. The van der Waals surface area contributed by atoms with Crippen LogP contribution in [0.25, 0.3) is 0 Å². The third-order valence-corrected chi connectivity index (χ3v) is 7.40. The van der Waals surface area contributed by atoms with E-state index in [1.165, 1.54) is 0 Å². The number of nitrogens with zero attached hydrogens (tertiary/aromatic N) is 1. The standard InChI is InChI=1S/C30H41N3O3/c1-2-3-15-28(34)26(20-22-16-17-22)29(35)32-27-14-7-8-18-33(30(27)36)21-23-10-9-13-25(19-23)31-24-11-5-4-6-12-24/h4-6,9-13,19,22,26-28,31,34H,2-3,7-8,14-18,20-21H2,1H3,(H,32,35). The fourth-order valence-corrected chi connectivity index (χ4v) is 5.10. The van der Waals surface area contributed by atoms with E-state index < -0.39 is 18.1 Å². The number of nitrogens with one attached hydrogen (secondary N) is 2. The molecule has 2 aliphatic rings. The zero-order valence-electron chi connectivity index (χ0n) is 21.5. The number of benzene rings is 2. The second kappa shape index (κ2) is 12.9. The Labute approximate surface area is 215 Å². The number of hydrogen-bond donors (Lipinski definition) is 3. The number of amides is 2. The summed E-state index contributed by atoms with van der Waals surface area (Å²) in [6, 6.07) is 17.6. The van der Waals surface area contributed by atoms with E-state index in [1.54, 1.807) is 0 Å². The highest BCUT2D eigenvalue weighted by Crippen LogP contribution is 2.37. The van der Waals surface area contributed by atoms with Crippen LogP contribution in [-0.4, -0.2) is 40.5 Å². The van der Waals surface area contributed by atoms with Crippen molar-refractivity contribution in [2.75, 3.05) is 11.9 Å². The lowest BCUT2D eigenvalue weighted by molar-refractivity contribution is -0.139. The molecule has 2 aromatic rings. The van der Waals surface area contributed by atoms with Crippen LogP contribution < -0.4 is 10.6 Å². The first-order valence-corrected chi connectivity index (χ1v) is 13.7. The monoisotopic (exact) mass is 491 g/mol. The zero-order valence-corrected chi connectivity index (χ0v) is 21.5. The van der Waals surface area contributed by atoms with Gasteiger partial charge in [0.05, 0.1) is 12.0 Å². The van der Waals surface area contributed by atoms with Crippen LogP contribution in [0.15, 0.2) is 54.6 Å². The van der Waals surface area contributed by atoms with Crippen molar-refractivity contribution in [1.29, 1.82) is 0 Å². The largest absolute Gasteiger partial charge is 0.392 e. The SMILES string of the molecule is CCCCC(O)C(CC1CC1)C(=O)NC1CCCCN(Cc2cccc(Nc3ccccc3)c2)C1=O. The highest BCUT2D eigenvalue weighted by Gasteiger charge is 2.36. The average molecular weight is 492 g/mol. The number of unbranched alkanes of at least 4 members (excludes halogenated alkanes) is 1. The Hall–Kier alpha value is -2.86. The predicted octanol–water partition coefficient (Wildman–Crippen LogP) is 5.39. The van der Waals surface area contributed by atoms with Crippen LogP contribution in [0.2, 0.25) is 0 Å². The first-order valence-electron chi connectivity index (χ1n) is 13.7. The van der Waals surface area contributed by atoms with E-state index in [4.69, 9.17) is 0 Å². The van der Waals surface area contributed by atoms with E-state index in [1.807, 2.05) is 53.4 Å². The van der Waals surface area contributed by atoms with Crippen molar-refractivity contribution < 1.29 is 14.7 Å². The van der Waals surface area contributed by atoms with E-state index in [9.17, 15) is 14.7 Å². The van der Waals surface area contributed by atoms with Gasteiger partial charge in [-0.3, -0.25) is 9.59 Å². The summed E-state index contributed by atoms with van der Waals surface area (Å²) < 4.78 is 0. The molecule has 2 amide bonds. The highest BCUT2D eigenvalue weighted by molar-refractivity contribution is 5.89. The normalized spacial score (nSPS) is 19.9. The molecule has 0 radical (unpaired) electrons. The molecule has 6 nitrogen and oxygen atoms in total. The van der Waals surface area contributed by atoms with Crippen LogP contribution in [0.3, 0.4) is 0 Å². The molecule has 3 N–H and O–H groups in total. The second-order valence-electron chi connectivity index (χ2n) is 10.5. The molecule has 2 fully saturated rings. The van der Waals surface area contributed by atoms with Gasteiger partial charge in [0, 0.05) is 24.5 Å². The zero-order chi connectivity index (χ0) is 25.3. The van der Waals surface area contributed by atoms with Crippen molar-refractivity contribution in [2.45, 2.75) is 83.4 Å². The van der Waals surface area contributed by atoms with E-state index >= 15 is 0 Å². The quantitative estimate of drug-likeness (QED) is 0.372. The molecule has 0 aromatic heterocycles. The number of hydrogen-bond acceptors (Lipinski definition) is 4. The van der Waals surface area contributed by atoms with Crippen LogP contribution >= 0.6 is 0 Å². The van der Waals surface area contributed by atoms with Gasteiger partial charge < -0.3 is 20.6 Å². The fraction of sp³-hybridized carbons (Fsp3) is 0.533. The number of carbonyl (C=O) groups is 2. The molecule has 0 bridgehead atoms. The molecule has 1 heterocycles. The Balaban J connectivity index is 1.39. The molecule has 4 rings (SSSR count). The molecule has 36 heavy (non-hydrogen) atoms. The number of aliphatic hydroxyl groups excluding tert-OH is 1. The van der Waals surface area contributed by atoms with E-state index in [-0.39, 0.29) is 11.8 Å². The van der Waals surface area contributed by atoms with Gasteiger partial charge in [-0.15, -0.1) is 0 Å². The maximum Gasteiger partial charge on any atom is 0.245 e. The summed E-state index contributed by atoms with van der Waals surface area (Å²) in [6.45, 7) is 3.29. The summed E-state index contributed by atoms with van der Waals surface area (Å²) >= 11 is 0. The average Bonchev–Trinajstić information content (AvgIpc) is 3.72. The molecular weight excluding hydrogens is 450 g/mol. The Morgan fingerprint density at radius 1 is 1.06 bits per heavy atom. The van der Waals surface area contributed by atoms with Gasteiger partial charge in [-0.25, -0.2) is 0 Å². The molecule has 3 unspecified atom stereocenters. The van der Waals surface area contributed by atoms with E-state index in [2.05, 4.69) is 23.6 Å². The highest BCUT2D eigenvalue weighted by atomic mass is 16.3. The lowest BCUT2D eigenvalue weighted by Gasteiger charge is -2.28. The van der Waals surface area contributed by atoms with E-state index in [0.717, 1.165) is 61.9 Å². The molecule has 6 heteroatoms. The van der Waals surface area contributed by atoms with Gasteiger partial charge in [0.1, 0.15) is 6.04 Å². The van der Waals surface area contributed by atoms with Crippen molar-refractivity contribution in [3.05, 3.63) is 60.2 Å². The Morgan fingerprint density at radius 2 is 1.83 bits per heavy atom. The summed E-state index contributed by atoms with van der Waals surface area (Å²) in [6.07, 6.45) is 7.37. The van der Waals surface area contributed by atoms with Gasteiger partial charge in [0.2, 0.25) is 11.8 Å². The number of anilines is 2. The third-order valence-electron chi connectivity index (χ3n) is 7.40. The van der Waals surface area contributed by atoms with Crippen LogP contribution in [0.1, 0.15) is 70.3 Å². The van der Waals surface area contributed by atoms with Gasteiger partial charge in [0.25, 0.3) is 0 Å². The lowest BCUT2D eigenvalue weighted by atomic mass is 9.91. The lowest BCUT2D eigenvalue weighted by Crippen LogP contribution is -2.50. The summed E-state index contributed by atoms with van der Waals surface area (Å²) in [7, 11) is 0. The van der Waals surface area contributed by atoms with Crippen molar-refractivity contribution in [3.63, 3.8) is 0 Å². The number of likely N-dealkylation sites (tertiary alicyclic amines) is 1. The maximum absolute atomic E-state index is 13.5. The number of rotatable bonds is 12. The minimum absolute atomic E-state index is 0.0181. The smallest absolute Gasteiger partial charge is 0.245 e. The summed E-state index contributed by atoms with van der Waals surface area (Å²) in [4.78, 5) is 28.6. The van der Waals surface area contributed by atoms with Crippen molar-refractivity contribution in [1.82, 2.24) is 10.2 Å². The topological polar surface area (TPSA) is 81.7 Å². The van der Waals surface area contributed by atoms with Gasteiger partial charge in [-0.05, 0) is 67.9 Å². The summed E-state index contributed by atoms with van der Waals surface area (Å²) in [5.41, 5.74) is 3.05. The van der Waals surface area contributed by atoms with Gasteiger partial charge in [0.15, 0.2) is 0 Å². The van der Waals surface area contributed by atoms with Gasteiger partial charge >= 0.3 is 0 Å². The molecule has 1 saturated heterocycles. The Bertz CT molecular complexity index is 992. The van der Waals surface area contributed by atoms with Crippen LogP contribution in [0.4, 0.5) is 11.4 Å². The Morgan fingerprint density at radius 3 is 2.58 bits per heavy atom. The second-order valence-corrected chi connectivity index (χ2v) is 10.5. The maximum atomic E-state index is 13.5. The Kier molecular flexibility index (Phi) is 9.40. The summed E-state index contributed by atoms with van der Waals surface area (Å²) in [5.74, 6) is -0.0559. The van der Waals surface area contributed by atoms with Gasteiger partial charge in [-0.2, -0.15) is 0 Å². The molecular formula is C30H41N3O3. The summed E-state index contributed by atoms with van der Waals surface area (Å²) in [5, 5.41) is 17.2. The molecule has 194 valence electrons. The van der Waals surface area contributed by atoms with Crippen LogP contribution in [-0.2, 0) is 16.1 Å². The molecule has 2 aromatic carbocycles. The predicted molar refractivity (Wildman–Crippen MR) is 144 cm³/mol. The minimum atomic E-state index is -0.637. The molecule has 0 spiro atoms. The molecule has 1 saturated carbocycles. The first-order chi connectivity index (χ1) is 17.5. The fourth-order valence-electron chi connectivity index (χ4n) is 5.10. The molecule has 1 aliphatic heterocycles. The van der Waals surface area contributed by atoms with E-state index in [0.29, 0.717) is 31.8 Å². The molecule has 1 aliphatic carbocycles. The minimum Gasteiger partial charge on any atom is -0.392 e. The number of para-hydroxylation sites is 1.